The van der Waals surface area contributed by atoms with Crippen LogP contribution in [0.5, 0.6) is 17.6 Å². The first-order valence-electron chi connectivity index (χ1n) is 15.3. The molecule has 2 bridgehead atoms. The monoisotopic (exact) mass is 586 g/mol. The first-order chi connectivity index (χ1) is 20.9. The molecule has 0 saturated carbocycles. The van der Waals surface area contributed by atoms with Gasteiger partial charge in [0.1, 0.15) is 42.2 Å². The number of hydrogen-bond acceptors (Lipinski definition) is 9. The lowest BCUT2D eigenvalue weighted by molar-refractivity contribution is 0.107. The first kappa shape index (κ1) is 25.6. The Balaban J connectivity index is 1.20. The number of piperazine rings is 1. The number of benzene rings is 2. The fourth-order valence-corrected chi connectivity index (χ4v) is 8.31. The molecular formula is C32H32F2N6O3. The number of phenolic OH excluding ortho intramolecular Hbond substituents is 1. The summed E-state index contributed by atoms with van der Waals surface area (Å²) in [6.07, 6.45) is 3.67. The van der Waals surface area contributed by atoms with E-state index in [2.05, 4.69) is 15.1 Å². The van der Waals surface area contributed by atoms with Crippen molar-refractivity contribution in [3.8, 4) is 28.9 Å². The van der Waals surface area contributed by atoms with Crippen LogP contribution in [0.15, 0.2) is 36.4 Å². The van der Waals surface area contributed by atoms with Crippen LogP contribution in [-0.2, 0) is 0 Å². The Hall–Kier alpha value is -3.83. The molecule has 5 aliphatic heterocycles. The van der Waals surface area contributed by atoms with Crippen molar-refractivity contribution < 1.29 is 23.4 Å². The molecule has 0 amide bonds. The third kappa shape index (κ3) is 3.97. The number of aromatic nitrogens is 3. The van der Waals surface area contributed by atoms with Gasteiger partial charge in [0.2, 0.25) is 5.88 Å². The minimum absolute atomic E-state index is 0.0107. The molecule has 9 rings (SSSR count). The van der Waals surface area contributed by atoms with E-state index in [4.69, 9.17) is 24.4 Å². The van der Waals surface area contributed by atoms with Gasteiger partial charge in [0.25, 0.3) is 0 Å². The van der Waals surface area contributed by atoms with Gasteiger partial charge in [0, 0.05) is 42.5 Å². The standard InChI is InChI=1S/C32H32F2N6O3/c33-18-12-32(7-2-8-39(32)13-18)16-43-31-37-25-11-24(21-10-20(41)9-17-3-1-4-22(34)27(17)21)36-30-28(25)29(38-31)40-14-19-5-6-23(35-19)26(40)15-42-30/h1,3-4,9-11,18-19,23,26,35,41H,2,5-8,12-16H2/t18-,19-,23+,26-,32-/m0/s1. The van der Waals surface area contributed by atoms with E-state index in [0.29, 0.717) is 71.0 Å². The molecule has 4 saturated heterocycles. The summed E-state index contributed by atoms with van der Waals surface area (Å²) in [5.41, 5.74) is 1.11. The number of hydrogen-bond donors (Lipinski definition) is 2. The molecule has 5 atom stereocenters. The fourth-order valence-electron chi connectivity index (χ4n) is 8.31. The second kappa shape index (κ2) is 9.33. The van der Waals surface area contributed by atoms with E-state index >= 15 is 4.39 Å². The van der Waals surface area contributed by atoms with E-state index in [-0.39, 0.29) is 29.4 Å². The average molecular weight is 587 g/mol. The number of fused-ring (bicyclic) bond motifs is 7. The van der Waals surface area contributed by atoms with E-state index in [9.17, 15) is 9.50 Å². The number of alkyl halides is 1. The summed E-state index contributed by atoms with van der Waals surface area (Å²) >= 11 is 0. The van der Waals surface area contributed by atoms with Crippen molar-refractivity contribution in [2.24, 2.45) is 0 Å². The molecule has 2 aromatic heterocycles. The quantitative estimate of drug-likeness (QED) is 0.362. The molecule has 0 aliphatic carbocycles. The Morgan fingerprint density at radius 3 is 2.98 bits per heavy atom. The number of pyridine rings is 1. The molecule has 11 heteroatoms. The Morgan fingerprint density at radius 1 is 1.12 bits per heavy atom. The molecule has 9 nitrogen and oxygen atoms in total. The summed E-state index contributed by atoms with van der Waals surface area (Å²) in [6.45, 7) is 2.83. The predicted molar refractivity (Wildman–Crippen MR) is 157 cm³/mol. The van der Waals surface area contributed by atoms with Crippen LogP contribution in [0.25, 0.3) is 32.9 Å². The van der Waals surface area contributed by atoms with Gasteiger partial charge in [-0.3, -0.25) is 4.90 Å². The Bertz CT molecular complexity index is 1790. The Kier molecular flexibility index (Phi) is 5.57. The van der Waals surface area contributed by atoms with E-state index in [0.717, 1.165) is 44.6 Å². The molecule has 43 heavy (non-hydrogen) atoms. The molecule has 0 radical (unpaired) electrons. The summed E-state index contributed by atoms with van der Waals surface area (Å²) in [5, 5.41) is 15.9. The van der Waals surface area contributed by atoms with E-state index < -0.39 is 12.0 Å². The summed E-state index contributed by atoms with van der Waals surface area (Å²) in [7, 11) is 0. The number of anilines is 1. The number of phenols is 1. The molecule has 222 valence electrons. The van der Waals surface area contributed by atoms with Crippen molar-refractivity contribution in [3.05, 3.63) is 42.2 Å². The Labute approximate surface area is 246 Å². The van der Waals surface area contributed by atoms with Crippen molar-refractivity contribution in [1.29, 1.82) is 0 Å². The second-order valence-electron chi connectivity index (χ2n) is 12.8. The van der Waals surface area contributed by atoms with E-state index in [1.54, 1.807) is 18.2 Å². The topological polar surface area (TPSA) is 95.9 Å². The maximum absolute atomic E-state index is 15.2. The predicted octanol–water partition coefficient (Wildman–Crippen LogP) is 4.35. The van der Waals surface area contributed by atoms with Gasteiger partial charge in [-0.15, -0.1) is 0 Å². The molecule has 4 fully saturated rings. The summed E-state index contributed by atoms with van der Waals surface area (Å²) < 4.78 is 42.4. The highest BCUT2D eigenvalue weighted by Gasteiger charge is 2.49. The molecule has 0 unspecified atom stereocenters. The summed E-state index contributed by atoms with van der Waals surface area (Å²) in [6, 6.07) is 10.5. The van der Waals surface area contributed by atoms with Gasteiger partial charge in [0.15, 0.2) is 0 Å². The zero-order valence-corrected chi connectivity index (χ0v) is 23.6. The van der Waals surface area contributed by atoms with Crippen molar-refractivity contribution in [2.75, 3.05) is 37.7 Å². The van der Waals surface area contributed by atoms with Crippen LogP contribution in [-0.4, -0.2) is 87.6 Å². The minimum atomic E-state index is -0.853. The third-order valence-electron chi connectivity index (χ3n) is 10.2. The molecule has 5 aliphatic rings. The number of halogens is 2. The maximum atomic E-state index is 15.2. The number of nitrogens with zero attached hydrogens (tertiary/aromatic N) is 5. The largest absolute Gasteiger partial charge is 0.508 e. The number of aromatic hydroxyl groups is 1. The number of ether oxygens (including phenoxy) is 2. The van der Waals surface area contributed by atoms with Crippen molar-refractivity contribution in [2.45, 2.75) is 61.9 Å². The number of rotatable bonds is 4. The van der Waals surface area contributed by atoms with Gasteiger partial charge in [0.05, 0.1) is 22.8 Å². The molecule has 2 N–H and O–H groups in total. The zero-order valence-electron chi connectivity index (χ0n) is 23.6. The molecule has 4 aromatic rings. The van der Waals surface area contributed by atoms with Gasteiger partial charge in [-0.1, -0.05) is 12.1 Å². The van der Waals surface area contributed by atoms with E-state index in [1.165, 1.54) is 18.2 Å². The van der Waals surface area contributed by atoms with Crippen molar-refractivity contribution in [1.82, 2.24) is 25.2 Å². The average Bonchev–Trinajstić information content (AvgIpc) is 3.62. The lowest BCUT2D eigenvalue weighted by Crippen LogP contribution is -2.60. The normalized spacial score (nSPS) is 29.5. The Morgan fingerprint density at radius 2 is 2.05 bits per heavy atom. The van der Waals surface area contributed by atoms with Crippen molar-refractivity contribution in [3.63, 3.8) is 0 Å². The smallest absolute Gasteiger partial charge is 0.319 e. The number of nitrogens with one attached hydrogen (secondary N) is 1. The van der Waals surface area contributed by atoms with Gasteiger partial charge < -0.3 is 24.8 Å². The lowest BCUT2D eigenvalue weighted by Gasteiger charge is -2.40. The highest BCUT2D eigenvalue weighted by atomic mass is 19.1. The summed E-state index contributed by atoms with van der Waals surface area (Å²) in [4.78, 5) is 19.2. The van der Waals surface area contributed by atoms with Gasteiger partial charge in [-0.2, -0.15) is 9.97 Å². The van der Waals surface area contributed by atoms with Gasteiger partial charge >= 0.3 is 6.01 Å². The SMILES string of the molecule is Oc1cc(-c2cc3nc(OC[C@@]45CCCN4C[C@@H](F)C5)nc4c3c(n2)OC[C@H]2[C@H]3CC[C@@H](CN42)N3)c2c(F)cccc2c1. The maximum Gasteiger partial charge on any atom is 0.319 e. The molecule has 0 spiro atoms. The first-order valence-corrected chi connectivity index (χ1v) is 15.3. The highest BCUT2D eigenvalue weighted by molar-refractivity contribution is 6.01. The van der Waals surface area contributed by atoms with Crippen LogP contribution >= 0.6 is 0 Å². The van der Waals surface area contributed by atoms with Gasteiger partial charge in [-0.25, -0.2) is 13.8 Å². The van der Waals surface area contributed by atoms with Crippen LogP contribution in [0.4, 0.5) is 14.6 Å². The van der Waals surface area contributed by atoms with Crippen LogP contribution < -0.4 is 19.7 Å². The second-order valence-corrected chi connectivity index (χ2v) is 12.8. The highest BCUT2D eigenvalue weighted by Crippen LogP contribution is 2.44. The zero-order chi connectivity index (χ0) is 28.9. The lowest BCUT2D eigenvalue weighted by atomic mass is 9.95. The molecule has 7 heterocycles. The van der Waals surface area contributed by atoms with Crippen LogP contribution in [0, 0.1) is 5.82 Å². The van der Waals surface area contributed by atoms with Crippen molar-refractivity contribution >= 4 is 27.5 Å². The van der Waals surface area contributed by atoms with Crippen LogP contribution in [0.2, 0.25) is 0 Å². The van der Waals surface area contributed by atoms with Crippen LogP contribution in [0.1, 0.15) is 32.1 Å². The van der Waals surface area contributed by atoms with Crippen LogP contribution in [0.3, 0.4) is 0 Å². The summed E-state index contributed by atoms with van der Waals surface area (Å²) in [5.74, 6) is 0.702. The molecular weight excluding hydrogens is 554 g/mol. The van der Waals surface area contributed by atoms with E-state index in [1.807, 2.05) is 0 Å². The minimum Gasteiger partial charge on any atom is -0.508 e. The molecule has 2 aromatic carbocycles. The third-order valence-corrected chi connectivity index (χ3v) is 10.2. The van der Waals surface area contributed by atoms with Gasteiger partial charge in [-0.05, 0) is 61.9 Å². The fraction of sp³-hybridized carbons (Fsp3) is 0.469.